The first-order chi connectivity index (χ1) is 10.5. The van der Waals surface area contributed by atoms with Crippen molar-refractivity contribution < 1.29 is 14.0 Å². The molecule has 1 aromatic heterocycles. The molecule has 1 aliphatic rings. The van der Waals surface area contributed by atoms with Crippen molar-refractivity contribution in [3.8, 4) is 0 Å². The van der Waals surface area contributed by atoms with Crippen molar-refractivity contribution in [2.45, 2.75) is 23.1 Å². The van der Waals surface area contributed by atoms with Gasteiger partial charge in [-0.15, -0.1) is 0 Å². The fraction of sp³-hybridized carbons (Fsp3) is 0.250. The molecule has 5 nitrogen and oxygen atoms in total. The average molecular weight is 316 g/mol. The normalized spacial score (nSPS) is 20.2. The summed E-state index contributed by atoms with van der Waals surface area (Å²) in [5.74, 6) is 0.134. The fourth-order valence-corrected chi connectivity index (χ4v) is 3.58. The smallest absolute Gasteiger partial charge is 0.250 e. The van der Waals surface area contributed by atoms with Crippen LogP contribution >= 0.6 is 11.8 Å². The van der Waals surface area contributed by atoms with E-state index < -0.39 is 4.75 Å². The molecule has 0 saturated heterocycles. The highest BCUT2D eigenvalue weighted by atomic mass is 32.2. The van der Waals surface area contributed by atoms with Crippen LogP contribution in [0.2, 0.25) is 0 Å². The maximum atomic E-state index is 12.8. The Kier molecular flexibility index (Phi) is 3.70. The molecule has 1 aromatic carbocycles. The topological polar surface area (TPSA) is 62.6 Å². The molecule has 2 aromatic rings. The molecule has 2 heterocycles. The van der Waals surface area contributed by atoms with E-state index in [1.54, 1.807) is 32.4 Å². The highest BCUT2D eigenvalue weighted by Gasteiger charge is 2.47. The summed E-state index contributed by atoms with van der Waals surface area (Å²) in [6.45, 7) is 1.99. The van der Waals surface area contributed by atoms with Crippen LogP contribution in [0.15, 0.2) is 52.0 Å². The number of benzene rings is 1. The minimum absolute atomic E-state index is 0.249. The molecule has 6 heteroatoms. The van der Waals surface area contributed by atoms with Gasteiger partial charge in [0, 0.05) is 11.9 Å². The van der Waals surface area contributed by atoms with Gasteiger partial charge >= 0.3 is 0 Å². The molecule has 1 N–H and O–H groups in total. The first-order valence-corrected chi connectivity index (χ1v) is 7.70. The Morgan fingerprint density at radius 1 is 1.32 bits per heavy atom. The minimum atomic E-state index is -1.18. The number of thioether (sulfide) groups is 1. The second kappa shape index (κ2) is 5.53. The van der Waals surface area contributed by atoms with E-state index in [0.29, 0.717) is 12.3 Å². The van der Waals surface area contributed by atoms with Gasteiger partial charge in [-0.2, -0.15) is 0 Å². The maximum absolute atomic E-state index is 12.8. The molecule has 3 rings (SSSR count). The van der Waals surface area contributed by atoms with Crippen LogP contribution in [0.25, 0.3) is 0 Å². The van der Waals surface area contributed by atoms with Gasteiger partial charge in [0.15, 0.2) is 4.75 Å². The number of carbonyl (C=O) groups is 2. The van der Waals surface area contributed by atoms with Crippen LogP contribution < -0.4 is 5.32 Å². The summed E-state index contributed by atoms with van der Waals surface area (Å²) in [6.07, 6.45) is 1.56. The molecule has 0 unspecified atom stereocenters. The van der Waals surface area contributed by atoms with Crippen LogP contribution in [0.4, 0.5) is 5.69 Å². The Morgan fingerprint density at radius 2 is 2.09 bits per heavy atom. The largest absolute Gasteiger partial charge is 0.467 e. The fourth-order valence-electron chi connectivity index (χ4n) is 2.38. The van der Waals surface area contributed by atoms with Gasteiger partial charge in [0.2, 0.25) is 11.8 Å². The van der Waals surface area contributed by atoms with Crippen LogP contribution in [-0.4, -0.2) is 28.5 Å². The van der Waals surface area contributed by atoms with Gasteiger partial charge in [-0.05, 0) is 31.2 Å². The summed E-state index contributed by atoms with van der Waals surface area (Å²) in [7, 11) is 1.67. The maximum Gasteiger partial charge on any atom is 0.250 e. The Hall–Kier alpha value is -2.21. The van der Waals surface area contributed by atoms with Gasteiger partial charge in [0.25, 0.3) is 0 Å². The van der Waals surface area contributed by atoms with Crippen LogP contribution in [0.5, 0.6) is 0 Å². The van der Waals surface area contributed by atoms with Crippen LogP contribution in [0.1, 0.15) is 12.7 Å². The zero-order chi connectivity index (χ0) is 15.7. The van der Waals surface area contributed by atoms with Gasteiger partial charge in [-0.3, -0.25) is 9.59 Å². The number of rotatable bonds is 3. The van der Waals surface area contributed by atoms with Gasteiger partial charge in [-0.25, -0.2) is 0 Å². The van der Waals surface area contributed by atoms with Crippen LogP contribution in [-0.2, 0) is 16.1 Å². The summed E-state index contributed by atoms with van der Waals surface area (Å²) in [5.41, 5.74) is 0.747. The number of anilines is 1. The first-order valence-electron chi connectivity index (χ1n) is 6.88. The molecule has 0 bridgehead atoms. The molecule has 1 aliphatic heterocycles. The Morgan fingerprint density at radius 3 is 2.82 bits per heavy atom. The first kappa shape index (κ1) is 14.7. The van der Waals surface area contributed by atoms with Gasteiger partial charge in [0.1, 0.15) is 5.76 Å². The third-order valence-corrected chi connectivity index (χ3v) is 4.95. The lowest BCUT2D eigenvalue weighted by Crippen LogP contribution is -2.52. The summed E-state index contributed by atoms with van der Waals surface area (Å²) < 4.78 is 4.07. The minimum Gasteiger partial charge on any atom is -0.467 e. The van der Waals surface area contributed by atoms with Crippen molar-refractivity contribution in [3.05, 3.63) is 48.4 Å². The average Bonchev–Trinajstić information content (AvgIpc) is 3.00. The van der Waals surface area contributed by atoms with Gasteiger partial charge in [-0.1, -0.05) is 23.9 Å². The number of nitrogens with one attached hydrogen (secondary N) is 1. The predicted octanol–water partition coefficient (Wildman–Crippen LogP) is 2.74. The monoisotopic (exact) mass is 316 g/mol. The summed E-state index contributed by atoms with van der Waals surface area (Å²) in [4.78, 5) is 27.6. The molecule has 2 amide bonds. The number of para-hydroxylation sites is 1. The van der Waals surface area contributed by atoms with E-state index in [4.69, 9.17) is 4.42 Å². The number of amides is 2. The van der Waals surface area contributed by atoms with Crippen molar-refractivity contribution in [2.24, 2.45) is 0 Å². The van der Waals surface area contributed by atoms with E-state index in [2.05, 4.69) is 5.32 Å². The molecule has 114 valence electrons. The van der Waals surface area contributed by atoms with E-state index in [1.807, 2.05) is 24.3 Å². The highest BCUT2D eigenvalue weighted by molar-refractivity contribution is 8.02. The van der Waals surface area contributed by atoms with Crippen molar-refractivity contribution in [1.29, 1.82) is 0 Å². The standard InChI is InChI=1S/C16H16N2O3S/c1-16(15(20)18(2)10-11-6-5-9-21-11)14(19)17-12-7-3-4-8-13(12)22-16/h3-9H,10H2,1-2H3,(H,17,19)/t16-/m1/s1. The highest BCUT2D eigenvalue weighted by Crippen LogP contribution is 2.43. The second-order valence-corrected chi connectivity index (χ2v) is 6.79. The lowest BCUT2D eigenvalue weighted by atomic mass is 10.1. The third-order valence-electron chi connectivity index (χ3n) is 3.61. The van der Waals surface area contributed by atoms with Crippen molar-refractivity contribution in [3.63, 3.8) is 0 Å². The lowest BCUT2D eigenvalue weighted by Gasteiger charge is -2.34. The summed E-state index contributed by atoms with van der Waals surface area (Å²) in [6, 6.07) is 11.0. The van der Waals surface area contributed by atoms with Crippen molar-refractivity contribution >= 4 is 29.3 Å². The molecule has 0 fully saturated rings. The molecule has 0 aliphatic carbocycles. The zero-order valence-corrected chi connectivity index (χ0v) is 13.1. The van der Waals surface area contributed by atoms with Crippen molar-refractivity contribution in [1.82, 2.24) is 4.90 Å². The quantitative estimate of drug-likeness (QED) is 0.885. The third kappa shape index (κ3) is 2.50. The SMILES string of the molecule is CN(Cc1ccco1)C(=O)[C@]1(C)Sc2ccccc2NC1=O. The van der Waals surface area contributed by atoms with Crippen molar-refractivity contribution in [2.75, 3.05) is 12.4 Å². The number of hydrogen-bond donors (Lipinski definition) is 1. The Bertz CT molecular complexity index is 714. The van der Waals surface area contributed by atoms with E-state index in [-0.39, 0.29) is 11.8 Å². The van der Waals surface area contributed by atoms with Gasteiger partial charge < -0.3 is 14.6 Å². The molecule has 0 spiro atoms. The second-order valence-electron chi connectivity index (χ2n) is 5.33. The Labute approximate surface area is 132 Å². The molecular weight excluding hydrogens is 300 g/mol. The van der Waals surface area contributed by atoms with Crippen LogP contribution in [0.3, 0.4) is 0 Å². The number of nitrogens with zero attached hydrogens (tertiary/aromatic N) is 1. The summed E-state index contributed by atoms with van der Waals surface area (Å²) >= 11 is 1.28. The molecular formula is C16H16N2O3S. The number of fused-ring (bicyclic) bond motifs is 1. The van der Waals surface area contributed by atoms with E-state index in [0.717, 1.165) is 10.6 Å². The van der Waals surface area contributed by atoms with E-state index in [9.17, 15) is 9.59 Å². The zero-order valence-electron chi connectivity index (χ0n) is 12.3. The number of furan rings is 1. The number of hydrogen-bond acceptors (Lipinski definition) is 4. The Balaban J connectivity index is 1.83. The van der Waals surface area contributed by atoms with Crippen LogP contribution in [0, 0.1) is 0 Å². The molecule has 0 radical (unpaired) electrons. The predicted molar refractivity (Wildman–Crippen MR) is 84.5 cm³/mol. The molecule has 1 atom stereocenters. The molecule has 22 heavy (non-hydrogen) atoms. The van der Waals surface area contributed by atoms with Gasteiger partial charge in [0.05, 0.1) is 18.5 Å². The van der Waals surface area contributed by atoms with E-state index in [1.165, 1.54) is 16.7 Å². The number of carbonyl (C=O) groups excluding carboxylic acids is 2. The van der Waals surface area contributed by atoms with E-state index >= 15 is 0 Å². The lowest BCUT2D eigenvalue weighted by molar-refractivity contribution is -0.137. The summed E-state index contributed by atoms with van der Waals surface area (Å²) in [5, 5.41) is 2.81. The molecule has 0 saturated carbocycles.